The molecule has 0 saturated carbocycles. The van der Waals surface area contributed by atoms with E-state index in [1.165, 1.54) is 0 Å². The van der Waals surface area contributed by atoms with E-state index in [1.807, 2.05) is 24.6 Å². The van der Waals surface area contributed by atoms with Gasteiger partial charge in [0, 0.05) is 11.4 Å². The molecule has 2 nitrogen and oxygen atoms in total. The number of hydrogen-bond acceptors (Lipinski definition) is 3. The van der Waals surface area contributed by atoms with Gasteiger partial charge < -0.3 is 10.4 Å². The SMILES string of the molecule is CNC[C@H](O)c1cccs1. The molecule has 0 saturated heterocycles. The van der Waals surface area contributed by atoms with E-state index in [4.69, 9.17) is 0 Å². The second kappa shape index (κ2) is 3.71. The molecule has 0 unspecified atom stereocenters. The Kier molecular flexibility index (Phi) is 2.86. The van der Waals surface area contributed by atoms with Gasteiger partial charge in [-0.15, -0.1) is 11.3 Å². The van der Waals surface area contributed by atoms with Crippen LogP contribution in [0.2, 0.25) is 0 Å². The Morgan fingerprint density at radius 2 is 2.60 bits per heavy atom. The van der Waals surface area contributed by atoms with Crippen LogP contribution in [0.1, 0.15) is 11.0 Å². The third-order valence-electron chi connectivity index (χ3n) is 1.27. The van der Waals surface area contributed by atoms with Crippen molar-refractivity contribution >= 4 is 11.3 Å². The molecule has 0 radical (unpaired) electrons. The summed E-state index contributed by atoms with van der Waals surface area (Å²) in [7, 11) is 1.83. The van der Waals surface area contributed by atoms with Gasteiger partial charge in [0.15, 0.2) is 0 Å². The van der Waals surface area contributed by atoms with Crippen molar-refractivity contribution in [3.63, 3.8) is 0 Å². The summed E-state index contributed by atoms with van der Waals surface area (Å²) in [6, 6.07) is 3.88. The van der Waals surface area contributed by atoms with E-state index in [0.717, 1.165) is 4.88 Å². The minimum Gasteiger partial charge on any atom is -0.386 e. The lowest BCUT2D eigenvalue weighted by Crippen LogP contribution is -2.15. The molecule has 1 aromatic rings. The zero-order valence-electron chi connectivity index (χ0n) is 5.87. The first-order valence-corrected chi connectivity index (χ1v) is 4.08. The third-order valence-corrected chi connectivity index (χ3v) is 2.24. The molecular formula is C7H11NOS. The fourth-order valence-corrected chi connectivity index (χ4v) is 1.49. The van der Waals surface area contributed by atoms with E-state index in [9.17, 15) is 5.11 Å². The zero-order valence-corrected chi connectivity index (χ0v) is 6.69. The monoisotopic (exact) mass is 157 g/mol. The second-order valence-electron chi connectivity index (χ2n) is 2.09. The molecule has 0 aliphatic rings. The fraction of sp³-hybridized carbons (Fsp3) is 0.429. The lowest BCUT2D eigenvalue weighted by molar-refractivity contribution is 0.181. The molecule has 0 spiro atoms. The van der Waals surface area contributed by atoms with Crippen LogP contribution >= 0.6 is 11.3 Å². The van der Waals surface area contributed by atoms with Crippen molar-refractivity contribution in [3.05, 3.63) is 22.4 Å². The Morgan fingerprint density at radius 1 is 1.80 bits per heavy atom. The Labute approximate surface area is 64.5 Å². The second-order valence-corrected chi connectivity index (χ2v) is 3.07. The normalized spacial score (nSPS) is 13.4. The van der Waals surface area contributed by atoms with Gasteiger partial charge in [0.25, 0.3) is 0 Å². The summed E-state index contributed by atoms with van der Waals surface area (Å²) in [6.45, 7) is 0.626. The molecule has 1 aromatic heterocycles. The molecule has 0 amide bonds. The summed E-state index contributed by atoms with van der Waals surface area (Å²) in [5.41, 5.74) is 0. The van der Waals surface area contributed by atoms with Gasteiger partial charge in [0.05, 0.1) is 0 Å². The maximum absolute atomic E-state index is 9.36. The van der Waals surface area contributed by atoms with Crippen LogP contribution in [-0.4, -0.2) is 18.7 Å². The van der Waals surface area contributed by atoms with Crippen molar-refractivity contribution in [2.75, 3.05) is 13.6 Å². The highest BCUT2D eigenvalue weighted by Crippen LogP contribution is 2.17. The van der Waals surface area contributed by atoms with Crippen molar-refractivity contribution in [1.82, 2.24) is 5.32 Å². The van der Waals surface area contributed by atoms with Crippen LogP contribution in [0.15, 0.2) is 17.5 Å². The molecule has 0 bridgehead atoms. The third kappa shape index (κ3) is 1.80. The maximum Gasteiger partial charge on any atom is 0.101 e. The van der Waals surface area contributed by atoms with E-state index in [2.05, 4.69) is 5.32 Å². The lowest BCUT2D eigenvalue weighted by Gasteiger charge is -2.05. The Bertz CT molecular complexity index is 174. The van der Waals surface area contributed by atoms with Gasteiger partial charge in [0.2, 0.25) is 0 Å². The summed E-state index contributed by atoms with van der Waals surface area (Å²) in [6.07, 6.45) is -0.343. The predicted molar refractivity (Wildman–Crippen MR) is 43.2 cm³/mol. The molecule has 56 valence electrons. The topological polar surface area (TPSA) is 32.3 Å². The minimum absolute atomic E-state index is 0.343. The van der Waals surface area contributed by atoms with Crippen molar-refractivity contribution < 1.29 is 5.11 Å². The van der Waals surface area contributed by atoms with Gasteiger partial charge in [-0.25, -0.2) is 0 Å². The fourth-order valence-electron chi connectivity index (χ4n) is 0.775. The number of likely N-dealkylation sites (N-methyl/N-ethyl adjacent to an activating group) is 1. The average molecular weight is 157 g/mol. The minimum atomic E-state index is -0.343. The molecule has 0 aliphatic heterocycles. The summed E-state index contributed by atoms with van der Waals surface area (Å²) < 4.78 is 0. The molecule has 10 heavy (non-hydrogen) atoms. The standard InChI is InChI=1S/C7H11NOS/c1-8-5-6(9)7-3-2-4-10-7/h2-4,6,8-9H,5H2,1H3/t6-/m0/s1. The molecule has 0 aromatic carbocycles. The highest BCUT2D eigenvalue weighted by Gasteiger charge is 2.04. The molecule has 2 N–H and O–H groups in total. The van der Waals surface area contributed by atoms with Crippen molar-refractivity contribution in [1.29, 1.82) is 0 Å². The lowest BCUT2D eigenvalue weighted by atomic mass is 10.3. The van der Waals surface area contributed by atoms with Gasteiger partial charge >= 0.3 is 0 Å². The highest BCUT2D eigenvalue weighted by atomic mass is 32.1. The smallest absolute Gasteiger partial charge is 0.101 e. The van der Waals surface area contributed by atoms with Crippen LogP contribution in [0.5, 0.6) is 0 Å². The van der Waals surface area contributed by atoms with E-state index in [1.54, 1.807) is 11.3 Å². The quantitative estimate of drug-likeness (QED) is 0.686. The van der Waals surface area contributed by atoms with E-state index < -0.39 is 0 Å². The Hall–Kier alpha value is -0.380. The zero-order chi connectivity index (χ0) is 7.40. The van der Waals surface area contributed by atoms with E-state index >= 15 is 0 Å². The highest BCUT2D eigenvalue weighted by molar-refractivity contribution is 7.10. The van der Waals surface area contributed by atoms with E-state index in [-0.39, 0.29) is 6.10 Å². The summed E-state index contributed by atoms with van der Waals surface area (Å²) in [4.78, 5) is 1.02. The molecule has 0 aliphatic carbocycles. The van der Waals surface area contributed by atoms with Crippen molar-refractivity contribution in [2.24, 2.45) is 0 Å². The van der Waals surface area contributed by atoms with Gasteiger partial charge in [0.1, 0.15) is 6.10 Å². The van der Waals surface area contributed by atoms with Gasteiger partial charge in [-0.2, -0.15) is 0 Å². The van der Waals surface area contributed by atoms with Crippen LogP contribution in [0.4, 0.5) is 0 Å². The van der Waals surface area contributed by atoms with Crippen LogP contribution in [-0.2, 0) is 0 Å². The van der Waals surface area contributed by atoms with Gasteiger partial charge in [-0.1, -0.05) is 6.07 Å². The molecule has 0 fully saturated rings. The number of thiophene rings is 1. The molecule has 1 heterocycles. The Morgan fingerprint density at radius 3 is 3.10 bits per heavy atom. The predicted octanol–water partition coefficient (Wildman–Crippen LogP) is 1.00. The number of rotatable bonds is 3. The maximum atomic E-state index is 9.36. The summed E-state index contributed by atoms with van der Waals surface area (Å²) >= 11 is 1.58. The molecular weight excluding hydrogens is 146 g/mol. The Balaban J connectivity index is 2.50. The largest absolute Gasteiger partial charge is 0.386 e. The number of aliphatic hydroxyl groups is 1. The van der Waals surface area contributed by atoms with Crippen LogP contribution in [0.3, 0.4) is 0 Å². The first-order valence-electron chi connectivity index (χ1n) is 3.20. The molecule has 1 rings (SSSR count). The molecule has 3 heteroatoms. The first kappa shape index (κ1) is 7.72. The summed E-state index contributed by atoms with van der Waals surface area (Å²) in [5.74, 6) is 0. The van der Waals surface area contributed by atoms with Crippen molar-refractivity contribution in [2.45, 2.75) is 6.10 Å². The number of aliphatic hydroxyl groups excluding tert-OH is 1. The summed E-state index contributed by atoms with van der Waals surface area (Å²) in [5, 5.41) is 14.2. The number of hydrogen-bond donors (Lipinski definition) is 2. The van der Waals surface area contributed by atoms with Gasteiger partial charge in [-0.05, 0) is 18.5 Å². The number of nitrogens with one attached hydrogen (secondary N) is 1. The van der Waals surface area contributed by atoms with Crippen LogP contribution in [0.25, 0.3) is 0 Å². The molecule has 1 atom stereocenters. The van der Waals surface area contributed by atoms with Gasteiger partial charge in [-0.3, -0.25) is 0 Å². The van der Waals surface area contributed by atoms with E-state index in [0.29, 0.717) is 6.54 Å². The van der Waals surface area contributed by atoms with Crippen LogP contribution in [0, 0.1) is 0 Å². The average Bonchev–Trinajstić information content (AvgIpc) is 2.38. The first-order chi connectivity index (χ1) is 4.84. The van der Waals surface area contributed by atoms with Crippen molar-refractivity contribution in [3.8, 4) is 0 Å². The van der Waals surface area contributed by atoms with Crippen LogP contribution < -0.4 is 5.32 Å².